The Kier molecular flexibility index (Phi) is 8.41. The van der Waals surface area contributed by atoms with Gasteiger partial charge < -0.3 is 15.5 Å². The second-order valence-corrected chi connectivity index (χ2v) is 6.98. The van der Waals surface area contributed by atoms with Crippen LogP contribution < -0.4 is 15.5 Å². The Hall–Kier alpha value is -2.87. The van der Waals surface area contributed by atoms with Crippen molar-refractivity contribution in [3.63, 3.8) is 0 Å². The van der Waals surface area contributed by atoms with E-state index < -0.39 is 17.6 Å². The Morgan fingerprint density at radius 2 is 1.43 bits per heavy atom. The lowest BCUT2D eigenvalue weighted by atomic mass is 10.1. The van der Waals surface area contributed by atoms with Crippen molar-refractivity contribution < 1.29 is 27.7 Å². The number of carbonyl (C=O) groups excluding carboxylic acids is 2. The van der Waals surface area contributed by atoms with Gasteiger partial charge in [-0.2, -0.15) is 13.2 Å². The van der Waals surface area contributed by atoms with Crippen LogP contribution >= 0.6 is 0 Å². The zero-order chi connectivity index (χ0) is 22.1. The monoisotopic (exact) mass is 422 g/mol. The zero-order valence-electron chi connectivity index (χ0n) is 17.1. The van der Waals surface area contributed by atoms with Gasteiger partial charge in [0.1, 0.15) is 6.54 Å². The summed E-state index contributed by atoms with van der Waals surface area (Å²) in [5.74, 6) is -0.992. The molecule has 0 aliphatic carbocycles. The summed E-state index contributed by atoms with van der Waals surface area (Å²) in [7, 11) is 0. The molecule has 2 aromatic rings. The largest absolute Gasteiger partial charge is 0.416 e. The highest BCUT2D eigenvalue weighted by atomic mass is 19.4. The second kappa shape index (κ2) is 10.8. The van der Waals surface area contributed by atoms with Crippen molar-refractivity contribution in [3.8, 4) is 0 Å². The topological polar surface area (TPSA) is 62.6 Å². The smallest absolute Gasteiger partial charge is 0.350 e. The van der Waals surface area contributed by atoms with E-state index in [1.165, 1.54) is 10.5 Å². The minimum absolute atomic E-state index is 0.0571. The Morgan fingerprint density at radius 3 is 1.97 bits per heavy atom. The molecule has 162 valence electrons. The third-order valence-corrected chi connectivity index (χ3v) is 4.85. The zero-order valence-corrected chi connectivity index (χ0v) is 17.1. The van der Waals surface area contributed by atoms with E-state index in [1.807, 2.05) is 24.3 Å². The van der Waals surface area contributed by atoms with Gasteiger partial charge in [-0.3, -0.25) is 9.59 Å². The molecule has 0 spiro atoms. The predicted octanol–water partition coefficient (Wildman–Crippen LogP) is 2.18. The first kappa shape index (κ1) is 23.4. The van der Waals surface area contributed by atoms with Crippen LogP contribution in [-0.4, -0.2) is 31.4 Å². The molecule has 0 saturated carbocycles. The molecule has 2 aromatic carbocycles. The van der Waals surface area contributed by atoms with Crippen molar-refractivity contribution in [2.24, 2.45) is 0 Å². The molecule has 0 aromatic heterocycles. The van der Waals surface area contributed by atoms with Crippen LogP contribution in [0.4, 0.5) is 13.2 Å². The molecule has 0 aliphatic heterocycles. The van der Waals surface area contributed by atoms with Gasteiger partial charge in [-0.05, 0) is 43.7 Å². The number of hydrogen-bond donors (Lipinski definition) is 3. The number of carbonyl (C=O) groups is 2. The Morgan fingerprint density at radius 1 is 0.867 bits per heavy atom. The molecular weight excluding hydrogens is 395 g/mol. The molecule has 2 rings (SSSR count). The van der Waals surface area contributed by atoms with Crippen LogP contribution in [-0.2, 0) is 24.1 Å². The van der Waals surface area contributed by atoms with E-state index in [4.69, 9.17) is 0 Å². The van der Waals surface area contributed by atoms with E-state index in [0.717, 1.165) is 49.5 Å². The third kappa shape index (κ3) is 7.18. The first-order chi connectivity index (χ1) is 14.2. The predicted molar refractivity (Wildman–Crippen MR) is 108 cm³/mol. The minimum atomic E-state index is -4.46. The van der Waals surface area contributed by atoms with Gasteiger partial charge in [0.25, 0.3) is 5.91 Å². The average molecular weight is 422 g/mol. The molecule has 0 atom stereocenters. The number of nitrogens with one attached hydrogen (secondary N) is 3. The van der Waals surface area contributed by atoms with Gasteiger partial charge in [0, 0.05) is 17.7 Å². The van der Waals surface area contributed by atoms with E-state index in [2.05, 4.69) is 24.5 Å². The number of halogens is 3. The fraction of sp³-hybridized carbons (Fsp3) is 0.364. The van der Waals surface area contributed by atoms with Crippen LogP contribution in [0.1, 0.15) is 40.9 Å². The normalized spacial score (nSPS) is 11.4. The van der Waals surface area contributed by atoms with Gasteiger partial charge in [0.2, 0.25) is 5.91 Å². The maximum Gasteiger partial charge on any atom is 0.416 e. The number of rotatable bonds is 9. The van der Waals surface area contributed by atoms with Gasteiger partial charge in [-0.25, -0.2) is 0 Å². The third-order valence-electron chi connectivity index (χ3n) is 4.85. The Balaban J connectivity index is 1.77. The van der Waals surface area contributed by atoms with Crippen LogP contribution in [0.15, 0.2) is 48.5 Å². The summed E-state index contributed by atoms with van der Waals surface area (Å²) < 4.78 is 37.7. The molecule has 0 radical (unpaired) electrons. The lowest BCUT2D eigenvalue weighted by molar-refractivity contribution is -0.910. The highest BCUT2D eigenvalue weighted by Gasteiger charge is 2.30. The number of hydrogen-bond acceptors (Lipinski definition) is 2. The number of benzene rings is 2. The number of alkyl halides is 3. The van der Waals surface area contributed by atoms with E-state index in [-0.39, 0.29) is 18.0 Å². The van der Waals surface area contributed by atoms with Gasteiger partial charge in [-0.1, -0.05) is 24.3 Å². The Bertz CT molecular complexity index is 830. The quantitative estimate of drug-likeness (QED) is 0.580. The Labute approximate surface area is 174 Å². The summed E-state index contributed by atoms with van der Waals surface area (Å²) >= 11 is 0. The standard InChI is InChI=1S/C22H26F3N3O2/c1-3-28(4-2)15-17-7-5-16(6-8-17)13-26-20(29)14-27-21(30)18-9-11-19(12-10-18)22(23,24)25/h5-12H,3-4,13-15H2,1-2H3,(H,26,29)(H,27,30)/p+1. The molecule has 0 bridgehead atoms. The minimum Gasteiger partial charge on any atom is -0.350 e. The van der Waals surface area contributed by atoms with Crippen LogP contribution in [0, 0.1) is 0 Å². The summed E-state index contributed by atoms with van der Waals surface area (Å²) in [6, 6.07) is 11.8. The first-order valence-electron chi connectivity index (χ1n) is 9.86. The fourth-order valence-electron chi connectivity index (χ4n) is 2.90. The maximum atomic E-state index is 12.6. The van der Waals surface area contributed by atoms with Gasteiger partial charge >= 0.3 is 6.18 Å². The van der Waals surface area contributed by atoms with Crippen LogP contribution in [0.5, 0.6) is 0 Å². The highest BCUT2D eigenvalue weighted by Crippen LogP contribution is 2.29. The van der Waals surface area contributed by atoms with E-state index in [1.54, 1.807) is 0 Å². The summed E-state index contributed by atoms with van der Waals surface area (Å²) in [6.07, 6.45) is -4.46. The van der Waals surface area contributed by atoms with E-state index >= 15 is 0 Å². The van der Waals surface area contributed by atoms with Crippen LogP contribution in [0.25, 0.3) is 0 Å². The van der Waals surface area contributed by atoms with Gasteiger partial charge in [0.05, 0.1) is 25.2 Å². The first-order valence-corrected chi connectivity index (χ1v) is 9.86. The molecular formula is C22H27F3N3O2+. The molecule has 0 saturated heterocycles. The average Bonchev–Trinajstić information content (AvgIpc) is 2.74. The molecule has 3 N–H and O–H groups in total. The molecule has 2 amide bonds. The summed E-state index contributed by atoms with van der Waals surface area (Å²) in [5, 5.41) is 5.11. The van der Waals surface area contributed by atoms with Crippen molar-refractivity contribution in [3.05, 3.63) is 70.8 Å². The highest BCUT2D eigenvalue weighted by molar-refractivity contribution is 5.96. The molecule has 8 heteroatoms. The van der Waals surface area contributed by atoms with E-state index in [9.17, 15) is 22.8 Å². The summed E-state index contributed by atoms with van der Waals surface area (Å²) in [5.41, 5.74) is 1.39. The van der Waals surface area contributed by atoms with Crippen LogP contribution in [0.3, 0.4) is 0 Å². The van der Waals surface area contributed by atoms with Crippen molar-refractivity contribution in [2.45, 2.75) is 33.1 Å². The molecule has 0 aliphatic rings. The van der Waals surface area contributed by atoms with E-state index in [0.29, 0.717) is 6.54 Å². The van der Waals surface area contributed by atoms with Crippen molar-refractivity contribution >= 4 is 11.8 Å². The van der Waals surface area contributed by atoms with Crippen molar-refractivity contribution in [2.75, 3.05) is 19.6 Å². The maximum absolute atomic E-state index is 12.6. The van der Waals surface area contributed by atoms with Gasteiger partial charge in [-0.15, -0.1) is 0 Å². The summed E-state index contributed by atoms with van der Waals surface area (Å²) in [6.45, 7) is 7.45. The van der Waals surface area contributed by atoms with Crippen molar-refractivity contribution in [1.82, 2.24) is 10.6 Å². The molecule has 5 nitrogen and oxygen atoms in total. The number of amides is 2. The lowest BCUT2D eigenvalue weighted by Crippen LogP contribution is -3.10. The van der Waals surface area contributed by atoms with Gasteiger partial charge in [0.15, 0.2) is 0 Å². The van der Waals surface area contributed by atoms with Crippen molar-refractivity contribution in [1.29, 1.82) is 0 Å². The fourth-order valence-corrected chi connectivity index (χ4v) is 2.90. The SMILES string of the molecule is CC[NH+](CC)Cc1ccc(CNC(=O)CNC(=O)c2ccc(C(F)(F)F)cc2)cc1. The molecule has 0 heterocycles. The van der Waals surface area contributed by atoms with Crippen LogP contribution in [0.2, 0.25) is 0 Å². The lowest BCUT2D eigenvalue weighted by Gasteiger charge is -2.15. The molecule has 0 unspecified atom stereocenters. The molecule has 30 heavy (non-hydrogen) atoms. The second-order valence-electron chi connectivity index (χ2n) is 6.98. The molecule has 0 fully saturated rings. The number of quaternary nitrogens is 1. The summed E-state index contributed by atoms with van der Waals surface area (Å²) in [4.78, 5) is 25.4.